The van der Waals surface area contributed by atoms with E-state index in [4.69, 9.17) is 0 Å². The van der Waals surface area contributed by atoms with Crippen molar-refractivity contribution in [3.05, 3.63) is 83.9 Å². The minimum absolute atomic E-state index is 0.235. The van der Waals surface area contributed by atoms with E-state index in [2.05, 4.69) is 93.6 Å². The predicted octanol–water partition coefficient (Wildman–Crippen LogP) is 8.40. The maximum Gasteiger partial charge on any atom is 0.335 e. The maximum absolute atomic E-state index is 12.0. The Bertz CT molecular complexity index is 956. The summed E-state index contributed by atoms with van der Waals surface area (Å²) in [7, 11) is -0.326. The van der Waals surface area contributed by atoms with E-state index in [1.54, 1.807) is 0 Å². The van der Waals surface area contributed by atoms with Gasteiger partial charge in [-0.05, 0) is 65.6 Å². The standard InChI is InChI=1S/C27H31OP/c1-4-7-11-21-12-8-13-22(18-21)23-14-9-15-24(19-23)25-16-10-17-26(20-25)27(5-2,6-3)29-28/h8-10,12-20H,4-7,11H2,1-3H3/p+1. The van der Waals surface area contributed by atoms with Crippen LogP contribution in [0.25, 0.3) is 22.3 Å². The van der Waals surface area contributed by atoms with Crippen molar-refractivity contribution in [2.24, 2.45) is 0 Å². The predicted molar refractivity (Wildman–Crippen MR) is 127 cm³/mol. The Hall–Kier alpha value is -2.24. The van der Waals surface area contributed by atoms with Crippen LogP contribution in [0.5, 0.6) is 0 Å². The van der Waals surface area contributed by atoms with Gasteiger partial charge in [-0.15, -0.1) is 0 Å². The monoisotopic (exact) mass is 403 g/mol. The zero-order valence-corrected chi connectivity index (χ0v) is 18.9. The van der Waals surface area contributed by atoms with Gasteiger partial charge in [0, 0.05) is 5.56 Å². The van der Waals surface area contributed by atoms with Crippen LogP contribution in [-0.4, -0.2) is 0 Å². The van der Waals surface area contributed by atoms with Gasteiger partial charge >= 0.3 is 8.46 Å². The molecule has 0 heterocycles. The molecule has 0 N–H and O–H groups in total. The molecule has 1 atom stereocenters. The van der Waals surface area contributed by atoms with Gasteiger partial charge in [0.2, 0.25) is 0 Å². The van der Waals surface area contributed by atoms with Crippen molar-refractivity contribution in [2.45, 2.75) is 58.0 Å². The highest BCUT2D eigenvalue weighted by molar-refractivity contribution is 7.25. The molecule has 0 bridgehead atoms. The first-order valence-corrected chi connectivity index (χ1v) is 11.8. The number of hydrogen-bond acceptors (Lipinski definition) is 1. The molecule has 0 fully saturated rings. The molecule has 0 radical (unpaired) electrons. The molecule has 29 heavy (non-hydrogen) atoms. The van der Waals surface area contributed by atoms with Crippen LogP contribution in [0, 0.1) is 0 Å². The lowest BCUT2D eigenvalue weighted by Crippen LogP contribution is -2.16. The van der Waals surface area contributed by atoms with E-state index in [0.29, 0.717) is 0 Å². The quantitative estimate of drug-likeness (QED) is 0.328. The summed E-state index contributed by atoms with van der Waals surface area (Å²) in [5.74, 6) is 0. The van der Waals surface area contributed by atoms with Crippen molar-refractivity contribution < 1.29 is 4.57 Å². The molecule has 3 aromatic carbocycles. The average Bonchev–Trinajstić information content (AvgIpc) is 2.80. The van der Waals surface area contributed by atoms with E-state index < -0.39 is 0 Å². The van der Waals surface area contributed by atoms with Crippen molar-refractivity contribution in [1.82, 2.24) is 0 Å². The van der Waals surface area contributed by atoms with Gasteiger partial charge in [0.1, 0.15) is 0 Å². The molecule has 3 rings (SSSR count). The molecule has 0 aliphatic heterocycles. The summed E-state index contributed by atoms with van der Waals surface area (Å²) in [6.45, 7) is 6.50. The Labute approximate surface area is 177 Å². The van der Waals surface area contributed by atoms with Gasteiger partial charge in [-0.1, -0.05) is 92.4 Å². The first-order valence-electron chi connectivity index (χ1n) is 10.9. The SMILES string of the molecule is CCCCc1cccc(-c2cccc(-c3cccc(C(CC)(CC)[PH+]=O)c3)c2)c1. The summed E-state index contributed by atoms with van der Waals surface area (Å²) in [4.78, 5) is 0. The van der Waals surface area contributed by atoms with E-state index in [-0.39, 0.29) is 13.6 Å². The maximum atomic E-state index is 12.0. The molecular formula is C27H32OP+. The zero-order chi connectivity index (χ0) is 20.7. The third-order valence-electron chi connectivity index (χ3n) is 6.09. The van der Waals surface area contributed by atoms with Crippen molar-refractivity contribution in [3.63, 3.8) is 0 Å². The van der Waals surface area contributed by atoms with Crippen LogP contribution in [0.4, 0.5) is 0 Å². The minimum Gasteiger partial charge on any atom is -0.0764 e. The molecule has 0 saturated heterocycles. The van der Waals surface area contributed by atoms with E-state index in [9.17, 15) is 4.57 Å². The molecule has 1 nitrogen and oxygen atoms in total. The summed E-state index contributed by atoms with van der Waals surface area (Å²) in [6, 6.07) is 26.3. The molecule has 3 aromatic rings. The average molecular weight is 404 g/mol. The second-order valence-electron chi connectivity index (χ2n) is 7.86. The first-order chi connectivity index (χ1) is 14.2. The molecule has 0 aliphatic carbocycles. The molecular weight excluding hydrogens is 371 g/mol. The number of hydrogen-bond donors (Lipinski definition) is 0. The van der Waals surface area contributed by atoms with E-state index >= 15 is 0 Å². The van der Waals surface area contributed by atoms with Crippen molar-refractivity contribution in [3.8, 4) is 22.3 Å². The van der Waals surface area contributed by atoms with Crippen LogP contribution >= 0.6 is 8.46 Å². The Morgan fingerprint density at radius 2 is 1.28 bits per heavy atom. The van der Waals surface area contributed by atoms with Crippen molar-refractivity contribution in [1.29, 1.82) is 0 Å². The minimum atomic E-state index is -0.326. The van der Waals surface area contributed by atoms with Gasteiger partial charge in [0.15, 0.2) is 5.16 Å². The second-order valence-corrected chi connectivity index (χ2v) is 9.02. The van der Waals surface area contributed by atoms with Gasteiger partial charge in [0.25, 0.3) is 0 Å². The molecule has 0 aromatic heterocycles. The molecule has 0 aliphatic rings. The lowest BCUT2D eigenvalue weighted by Gasteiger charge is -2.19. The number of aryl methyl sites for hydroxylation is 1. The normalized spacial score (nSPS) is 11.7. The first kappa shape index (κ1) is 21.5. The van der Waals surface area contributed by atoms with E-state index in [0.717, 1.165) is 19.3 Å². The molecule has 1 unspecified atom stereocenters. The Morgan fingerprint density at radius 3 is 1.86 bits per heavy atom. The molecule has 0 saturated carbocycles. The fourth-order valence-corrected chi connectivity index (χ4v) is 4.59. The zero-order valence-electron chi connectivity index (χ0n) is 17.9. The highest BCUT2D eigenvalue weighted by Gasteiger charge is 2.37. The van der Waals surface area contributed by atoms with Crippen LogP contribution in [0.2, 0.25) is 0 Å². The third kappa shape index (κ3) is 4.85. The number of unbranched alkanes of at least 4 members (excludes halogenated alkanes) is 1. The molecule has 2 heteroatoms. The summed E-state index contributed by atoms with van der Waals surface area (Å²) in [5, 5.41) is -0.235. The molecule has 0 spiro atoms. The van der Waals surface area contributed by atoms with E-state index in [1.807, 2.05) is 0 Å². The topological polar surface area (TPSA) is 17.1 Å². The Kier molecular flexibility index (Phi) is 7.40. The number of rotatable bonds is 9. The van der Waals surface area contributed by atoms with Gasteiger partial charge in [-0.2, -0.15) is 0 Å². The third-order valence-corrected chi connectivity index (χ3v) is 7.48. The Balaban J connectivity index is 1.97. The highest BCUT2D eigenvalue weighted by atomic mass is 31.1. The van der Waals surface area contributed by atoms with Crippen LogP contribution in [0.1, 0.15) is 57.6 Å². The highest BCUT2D eigenvalue weighted by Crippen LogP contribution is 2.42. The number of benzene rings is 3. The fraction of sp³-hybridized carbons (Fsp3) is 0.333. The van der Waals surface area contributed by atoms with Gasteiger partial charge < -0.3 is 0 Å². The lowest BCUT2D eigenvalue weighted by atomic mass is 9.89. The summed E-state index contributed by atoms with van der Waals surface area (Å²) in [6.07, 6.45) is 5.36. The van der Waals surface area contributed by atoms with Crippen LogP contribution < -0.4 is 0 Å². The summed E-state index contributed by atoms with van der Waals surface area (Å²) >= 11 is 0. The summed E-state index contributed by atoms with van der Waals surface area (Å²) in [5.41, 5.74) is 7.50. The Morgan fingerprint density at radius 1 is 0.724 bits per heavy atom. The molecule has 0 amide bonds. The van der Waals surface area contributed by atoms with Crippen LogP contribution in [0.3, 0.4) is 0 Å². The van der Waals surface area contributed by atoms with Gasteiger partial charge in [0.05, 0.1) is 0 Å². The molecule has 150 valence electrons. The smallest absolute Gasteiger partial charge is 0.0764 e. The largest absolute Gasteiger partial charge is 0.335 e. The van der Waals surface area contributed by atoms with Crippen molar-refractivity contribution >= 4 is 8.46 Å². The van der Waals surface area contributed by atoms with Crippen LogP contribution in [-0.2, 0) is 16.1 Å². The van der Waals surface area contributed by atoms with E-state index in [1.165, 1.54) is 46.2 Å². The van der Waals surface area contributed by atoms with Gasteiger partial charge in [-0.3, -0.25) is 0 Å². The second kappa shape index (κ2) is 9.99. The fourth-order valence-electron chi connectivity index (χ4n) is 4.02. The van der Waals surface area contributed by atoms with Crippen LogP contribution in [0.15, 0.2) is 72.8 Å². The summed E-state index contributed by atoms with van der Waals surface area (Å²) < 4.78 is 12.0. The van der Waals surface area contributed by atoms with Crippen molar-refractivity contribution in [2.75, 3.05) is 0 Å². The van der Waals surface area contributed by atoms with Gasteiger partial charge in [-0.25, -0.2) is 0 Å². The lowest BCUT2D eigenvalue weighted by molar-refractivity contribution is 0.522.